The lowest BCUT2D eigenvalue weighted by Crippen LogP contribution is -2.07. The standard InChI is InChI=1S/C26H20BrNO5/c1-3-23(29)32-24-20(27)13-16(15-22(24)31-2)14-21-26(30)33-25(28-21)19-11-9-18(10-12-19)17-7-5-4-6-8-17/h4-15H,3H2,1-2H3/b21-14-. The molecule has 7 heteroatoms. The highest BCUT2D eigenvalue weighted by atomic mass is 79.9. The molecule has 0 radical (unpaired) electrons. The molecule has 0 aliphatic carbocycles. The number of aliphatic imine (C=N–C) groups is 1. The molecule has 0 saturated carbocycles. The van der Waals surface area contributed by atoms with Crippen LogP contribution in [-0.4, -0.2) is 24.9 Å². The number of esters is 2. The van der Waals surface area contributed by atoms with E-state index < -0.39 is 5.97 Å². The van der Waals surface area contributed by atoms with Crippen LogP contribution in [0.25, 0.3) is 17.2 Å². The second kappa shape index (κ2) is 9.83. The predicted molar refractivity (Wildman–Crippen MR) is 129 cm³/mol. The third kappa shape index (κ3) is 5.04. The van der Waals surface area contributed by atoms with E-state index in [1.54, 1.807) is 25.1 Å². The number of cyclic esters (lactones) is 1. The van der Waals surface area contributed by atoms with Gasteiger partial charge >= 0.3 is 11.9 Å². The van der Waals surface area contributed by atoms with Gasteiger partial charge in [-0.2, -0.15) is 0 Å². The van der Waals surface area contributed by atoms with Gasteiger partial charge in [-0.15, -0.1) is 0 Å². The average molecular weight is 506 g/mol. The van der Waals surface area contributed by atoms with Crippen LogP contribution in [0.3, 0.4) is 0 Å². The largest absolute Gasteiger partial charge is 0.493 e. The van der Waals surface area contributed by atoms with E-state index in [0.29, 0.717) is 21.3 Å². The molecule has 1 heterocycles. The van der Waals surface area contributed by atoms with E-state index in [9.17, 15) is 9.59 Å². The van der Waals surface area contributed by atoms with Crippen molar-refractivity contribution in [2.24, 2.45) is 4.99 Å². The van der Waals surface area contributed by atoms with E-state index in [1.165, 1.54) is 7.11 Å². The van der Waals surface area contributed by atoms with Crippen LogP contribution in [-0.2, 0) is 14.3 Å². The third-order valence-corrected chi connectivity index (χ3v) is 5.51. The van der Waals surface area contributed by atoms with Gasteiger partial charge in [0.15, 0.2) is 17.2 Å². The molecular weight excluding hydrogens is 486 g/mol. The highest BCUT2D eigenvalue weighted by Gasteiger charge is 2.25. The van der Waals surface area contributed by atoms with Gasteiger partial charge in [0.2, 0.25) is 5.90 Å². The Bertz CT molecular complexity index is 1260. The second-order valence-corrected chi connectivity index (χ2v) is 8.00. The zero-order valence-corrected chi connectivity index (χ0v) is 19.6. The van der Waals surface area contributed by atoms with Gasteiger partial charge in [0, 0.05) is 12.0 Å². The number of hydrogen-bond acceptors (Lipinski definition) is 6. The first kappa shape index (κ1) is 22.5. The number of hydrogen-bond donors (Lipinski definition) is 0. The van der Waals surface area contributed by atoms with Gasteiger partial charge in [-0.3, -0.25) is 4.79 Å². The number of methoxy groups -OCH3 is 1. The fourth-order valence-corrected chi connectivity index (χ4v) is 3.78. The molecule has 0 amide bonds. The Labute approximate surface area is 199 Å². The number of halogens is 1. The van der Waals surface area contributed by atoms with Crippen molar-refractivity contribution in [3.8, 4) is 22.6 Å². The molecule has 0 bridgehead atoms. The minimum atomic E-state index is -0.547. The summed E-state index contributed by atoms with van der Waals surface area (Å²) in [5, 5.41) is 0. The minimum absolute atomic E-state index is 0.157. The lowest BCUT2D eigenvalue weighted by molar-refractivity contribution is -0.134. The SMILES string of the molecule is CCC(=O)Oc1c(Br)cc(/C=C2\N=C(c3ccc(-c4ccccc4)cc3)OC2=O)cc1OC. The van der Waals surface area contributed by atoms with Crippen molar-refractivity contribution >= 4 is 39.8 Å². The number of benzene rings is 3. The summed E-state index contributed by atoms with van der Waals surface area (Å²) in [6.45, 7) is 1.71. The van der Waals surface area contributed by atoms with Crippen LogP contribution < -0.4 is 9.47 Å². The summed E-state index contributed by atoms with van der Waals surface area (Å²) in [4.78, 5) is 28.5. The van der Waals surface area contributed by atoms with Crippen molar-refractivity contribution in [1.82, 2.24) is 0 Å². The predicted octanol–water partition coefficient (Wildman–Crippen LogP) is 5.78. The van der Waals surface area contributed by atoms with Crippen LogP contribution in [0.2, 0.25) is 0 Å². The van der Waals surface area contributed by atoms with Crippen LogP contribution in [0.5, 0.6) is 11.5 Å². The smallest absolute Gasteiger partial charge is 0.363 e. The van der Waals surface area contributed by atoms with Crippen LogP contribution >= 0.6 is 15.9 Å². The minimum Gasteiger partial charge on any atom is -0.493 e. The van der Waals surface area contributed by atoms with Crippen LogP contribution in [0.4, 0.5) is 0 Å². The first-order valence-corrected chi connectivity index (χ1v) is 11.0. The average Bonchev–Trinajstić information content (AvgIpc) is 3.21. The zero-order valence-electron chi connectivity index (χ0n) is 18.0. The number of nitrogens with zero attached hydrogens (tertiary/aromatic N) is 1. The molecule has 33 heavy (non-hydrogen) atoms. The van der Waals surface area contributed by atoms with Gasteiger partial charge < -0.3 is 14.2 Å². The summed E-state index contributed by atoms with van der Waals surface area (Å²) in [5.74, 6) is -0.0561. The number of carbonyl (C=O) groups is 2. The lowest BCUT2D eigenvalue weighted by Gasteiger charge is -2.11. The maximum Gasteiger partial charge on any atom is 0.363 e. The molecule has 166 valence electrons. The Morgan fingerprint density at radius 1 is 1.03 bits per heavy atom. The van der Waals surface area contributed by atoms with Crippen molar-refractivity contribution in [2.45, 2.75) is 13.3 Å². The van der Waals surface area contributed by atoms with E-state index in [2.05, 4.69) is 20.9 Å². The van der Waals surface area contributed by atoms with Crippen LogP contribution in [0.15, 0.2) is 81.9 Å². The lowest BCUT2D eigenvalue weighted by atomic mass is 10.0. The summed E-state index contributed by atoms with van der Waals surface area (Å²) in [7, 11) is 1.47. The van der Waals surface area contributed by atoms with E-state index in [-0.39, 0.29) is 29.7 Å². The van der Waals surface area contributed by atoms with Gasteiger partial charge in [-0.05, 0) is 63.0 Å². The molecule has 0 N–H and O–H groups in total. The Kier molecular flexibility index (Phi) is 6.70. The van der Waals surface area contributed by atoms with E-state index in [4.69, 9.17) is 14.2 Å². The highest BCUT2D eigenvalue weighted by molar-refractivity contribution is 9.10. The topological polar surface area (TPSA) is 74.2 Å². The fourth-order valence-electron chi connectivity index (χ4n) is 3.23. The summed E-state index contributed by atoms with van der Waals surface area (Å²) in [6, 6.07) is 21.0. The molecule has 0 unspecified atom stereocenters. The van der Waals surface area contributed by atoms with Gasteiger partial charge in [-0.1, -0.05) is 49.4 Å². The Balaban J connectivity index is 1.60. The quantitative estimate of drug-likeness (QED) is 0.241. The van der Waals surface area contributed by atoms with Gasteiger partial charge in [0.25, 0.3) is 0 Å². The molecular formula is C26H20BrNO5. The summed E-state index contributed by atoms with van der Waals surface area (Å²) < 4.78 is 16.6. The van der Waals surface area contributed by atoms with Crippen molar-refractivity contribution in [3.63, 3.8) is 0 Å². The van der Waals surface area contributed by atoms with Crippen molar-refractivity contribution < 1.29 is 23.8 Å². The van der Waals surface area contributed by atoms with E-state index in [0.717, 1.165) is 11.1 Å². The zero-order chi connectivity index (χ0) is 23.4. The molecule has 0 saturated heterocycles. The summed E-state index contributed by atoms with van der Waals surface area (Å²) >= 11 is 3.40. The first-order valence-electron chi connectivity index (χ1n) is 10.2. The maximum absolute atomic E-state index is 12.4. The molecule has 3 aromatic rings. The second-order valence-electron chi connectivity index (χ2n) is 7.14. The fraction of sp³-hybridized carbons (Fsp3) is 0.115. The van der Waals surface area contributed by atoms with Crippen molar-refractivity contribution in [3.05, 3.63) is 88.0 Å². The van der Waals surface area contributed by atoms with Crippen molar-refractivity contribution in [1.29, 1.82) is 0 Å². The third-order valence-electron chi connectivity index (χ3n) is 4.92. The monoisotopic (exact) mass is 505 g/mol. The van der Waals surface area contributed by atoms with Crippen LogP contribution in [0.1, 0.15) is 24.5 Å². The van der Waals surface area contributed by atoms with Crippen molar-refractivity contribution in [2.75, 3.05) is 7.11 Å². The molecule has 3 aromatic carbocycles. The molecule has 6 nitrogen and oxygen atoms in total. The first-order chi connectivity index (χ1) is 16.0. The van der Waals surface area contributed by atoms with Gasteiger partial charge in [0.05, 0.1) is 11.6 Å². The maximum atomic E-state index is 12.4. The molecule has 4 rings (SSSR count). The molecule has 0 fully saturated rings. The Morgan fingerprint density at radius 2 is 1.70 bits per heavy atom. The molecule has 0 aromatic heterocycles. The number of rotatable bonds is 6. The number of ether oxygens (including phenoxy) is 3. The van der Waals surface area contributed by atoms with E-state index in [1.807, 2.05) is 54.6 Å². The highest BCUT2D eigenvalue weighted by Crippen LogP contribution is 2.38. The number of carbonyl (C=O) groups excluding carboxylic acids is 2. The van der Waals surface area contributed by atoms with Crippen LogP contribution in [0, 0.1) is 0 Å². The summed E-state index contributed by atoms with van der Waals surface area (Å²) in [6.07, 6.45) is 1.82. The molecule has 1 aliphatic rings. The Morgan fingerprint density at radius 3 is 2.36 bits per heavy atom. The molecule has 0 atom stereocenters. The van der Waals surface area contributed by atoms with E-state index >= 15 is 0 Å². The Hall–Kier alpha value is -3.71. The normalized spacial score (nSPS) is 14.1. The van der Waals surface area contributed by atoms with Gasteiger partial charge in [-0.25, -0.2) is 9.79 Å². The van der Waals surface area contributed by atoms with Gasteiger partial charge in [0.1, 0.15) is 0 Å². The molecule has 0 spiro atoms. The summed E-state index contributed by atoms with van der Waals surface area (Å²) in [5.41, 5.74) is 3.64. The molecule has 1 aliphatic heterocycles.